The number of ether oxygens (including phenoxy) is 1. The van der Waals surface area contributed by atoms with E-state index in [2.05, 4.69) is 6.92 Å². The van der Waals surface area contributed by atoms with Gasteiger partial charge in [-0.15, -0.1) is 0 Å². The minimum atomic E-state index is 0. The first kappa shape index (κ1) is 20.3. The van der Waals surface area contributed by atoms with Gasteiger partial charge in [-0.3, -0.25) is 4.79 Å². The molecule has 0 fully saturated rings. The third kappa shape index (κ3) is 5.66. The molecule has 5 heteroatoms. The van der Waals surface area contributed by atoms with Crippen LogP contribution < -0.4 is 10.0 Å². The van der Waals surface area contributed by atoms with Crippen LogP contribution >= 0.6 is 20.2 Å². The van der Waals surface area contributed by atoms with E-state index in [4.69, 9.17) is 16.3 Å². The van der Waals surface area contributed by atoms with E-state index < -0.39 is 0 Å². The number of hydrogen-bond acceptors (Lipinski definition) is 2. The van der Waals surface area contributed by atoms with Crippen molar-refractivity contribution in [2.24, 2.45) is 0 Å². The van der Waals surface area contributed by atoms with Crippen LogP contribution in [0.3, 0.4) is 0 Å². The summed E-state index contributed by atoms with van der Waals surface area (Å²) in [5, 5.41) is 1.51. The molecule has 0 aliphatic carbocycles. The van der Waals surface area contributed by atoms with Crippen LogP contribution in [0.25, 0.3) is 0 Å². The zero-order valence-electron chi connectivity index (χ0n) is 13.0. The summed E-state index contributed by atoms with van der Waals surface area (Å²) in [4.78, 5) is 12.5. The van der Waals surface area contributed by atoms with E-state index in [0.717, 1.165) is 23.0 Å². The summed E-state index contributed by atoms with van der Waals surface area (Å²) in [6.07, 6.45) is 1.16. The van der Waals surface area contributed by atoms with Gasteiger partial charge in [0.05, 0.1) is 11.1 Å². The molecule has 2 atom stereocenters. The summed E-state index contributed by atoms with van der Waals surface area (Å²) in [7, 11) is 0.0621. The van der Waals surface area contributed by atoms with Gasteiger partial charge in [0.2, 0.25) is 0 Å². The number of rotatable bonds is 6. The van der Waals surface area contributed by atoms with Crippen LogP contribution in [0.5, 0.6) is 5.75 Å². The summed E-state index contributed by atoms with van der Waals surface area (Å²) in [5.41, 5.74) is 1.61. The number of carbonyl (C=O) groups excluding carboxylic acids is 1. The van der Waals surface area contributed by atoms with Gasteiger partial charge in [-0.25, -0.2) is 0 Å². The summed E-state index contributed by atoms with van der Waals surface area (Å²) in [6.45, 7) is 6.04. The van der Waals surface area contributed by atoms with Gasteiger partial charge in [-0.1, -0.05) is 42.8 Å². The van der Waals surface area contributed by atoms with E-state index in [1.165, 1.54) is 0 Å². The molecule has 0 aromatic heterocycles. The number of hydrogen-bond donors (Lipinski definition) is 0. The predicted molar refractivity (Wildman–Crippen MR) is 102 cm³/mol. The Morgan fingerprint density at radius 3 is 2.43 bits per heavy atom. The zero-order valence-corrected chi connectivity index (χ0v) is 14.8. The van der Waals surface area contributed by atoms with E-state index in [-0.39, 0.29) is 39.1 Å². The molecule has 2 aromatic carbocycles. The molecule has 0 heterocycles. The van der Waals surface area contributed by atoms with Crippen LogP contribution in [0.2, 0.25) is 5.02 Å². The average Bonchev–Trinajstić information content (AvgIpc) is 2.49. The Balaban J connectivity index is 0.00000264. The van der Waals surface area contributed by atoms with Crippen molar-refractivity contribution in [3.8, 4) is 5.75 Å². The number of carbonyl (C=O) groups is 1. The normalized spacial score (nSPS) is 12.0. The molecule has 2 aromatic rings. The van der Waals surface area contributed by atoms with Crippen molar-refractivity contribution in [2.75, 3.05) is 0 Å². The first-order chi connectivity index (χ1) is 10.5. The molecule has 0 amide bonds. The molecule has 0 radical (unpaired) electrons. The molecule has 0 N–H and O–H groups in total. The van der Waals surface area contributed by atoms with Crippen molar-refractivity contribution in [3.63, 3.8) is 0 Å². The second-order valence-electron chi connectivity index (χ2n) is 5.25. The van der Waals surface area contributed by atoms with Gasteiger partial charge in [-0.05, 0) is 57.9 Å². The van der Waals surface area contributed by atoms with E-state index in [1.807, 2.05) is 50.2 Å². The van der Waals surface area contributed by atoms with Gasteiger partial charge in [0.15, 0.2) is 5.52 Å². The molecule has 118 valence electrons. The maximum atomic E-state index is 12.5. The van der Waals surface area contributed by atoms with Crippen molar-refractivity contribution in [3.05, 3.63) is 58.6 Å². The van der Waals surface area contributed by atoms with Gasteiger partial charge in [0, 0.05) is 5.56 Å². The second-order valence-corrected chi connectivity index (χ2v) is 6.94. The summed E-state index contributed by atoms with van der Waals surface area (Å²) >= 11 is 6.15. The van der Waals surface area contributed by atoms with Crippen molar-refractivity contribution < 1.29 is 9.53 Å². The van der Waals surface area contributed by atoms with Crippen molar-refractivity contribution in [2.45, 2.75) is 33.3 Å². The fraction of sp³-hybridized carbons (Fsp3) is 0.278. The first-order valence-corrected chi connectivity index (χ1v) is 8.72. The Bertz CT molecular complexity index is 638. The van der Waals surface area contributed by atoms with Gasteiger partial charge in [0.1, 0.15) is 5.75 Å². The van der Waals surface area contributed by atoms with Crippen LogP contribution in [0.4, 0.5) is 0 Å². The molecule has 0 bridgehead atoms. The number of aryl methyl sites for hydroxylation is 1. The van der Waals surface area contributed by atoms with Crippen molar-refractivity contribution in [1.82, 2.24) is 0 Å². The Labute approximate surface area is 156 Å². The molecule has 23 heavy (non-hydrogen) atoms. The van der Waals surface area contributed by atoms with Crippen LogP contribution in [-0.2, 0) is 0 Å². The standard InChI is InChI=1S/C18H20ClO2P.Li.H/c1-4-13(3)21-14-8-10-15(11-9-14)22-18(20)17-12(2)6-5-7-16(17)19;;/h5-11,13,22H,4H2,1-3H3;;. The predicted octanol–water partition coefficient (Wildman–Crippen LogP) is 4.32. The van der Waals surface area contributed by atoms with E-state index in [9.17, 15) is 4.79 Å². The Morgan fingerprint density at radius 1 is 1.22 bits per heavy atom. The van der Waals surface area contributed by atoms with Gasteiger partial charge in [0.25, 0.3) is 0 Å². The molecule has 2 nitrogen and oxygen atoms in total. The zero-order chi connectivity index (χ0) is 16.1. The molecule has 0 aliphatic heterocycles. The van der Waals surface area contributed by atoms with E-state index in [1.54, 1.807) is 6.07 Å². The Kier molecular flexibility index (Phi) is 8.38. The van der Waals surface area contributed by atoms with E-state index >= 15 is 0 Å². The van der Waals surface area contributed by atoms with Crippen LogP contribution in [0.1, 0.15) is 36.2 Å². The SMILES string of the molecule is CCC(C)Oc1ccc(PC(=O)c2c(C)cccc2Cl)cc1.[LiH]. The fourth-order valence-electron chi connectivity index (χ4n) is 2.05. The fourth-order valence-corrected chi connectivity index (χ4v) is 3.48. The van der Waals surface area contributed by atoms with Gasteiger partial charge < -0.3 is 4.74 Å². The molecule has 2 unspecified atom stereocenters. The summed E-state index contributed by atoms with van der Waals surface area (Å²) in [5.74, 6) is 0.837. The third-order valence-electron chi connectivity index (χ3n) is 3.47. The maximum absolute atomic E-state index is 12.5. The van der Waals surface area contributed by atoms with Gasteiger partial charge >= 0.3 is 18.9 Å². The Hall–Kier alpha value is -0.773. The van der Waals surface area contributed by atoms with Crippen molar-refractivity contribution in [1.29, 1.82) is 0 Å². The van der Waals surface area contributed by atoms with Crippen LogP contribution in [0, 0.1) is 6.92 Å². The Morgan fingerprint density at radius 2 is 1.87 bits per heavy atom. The van der Waals surface area contributed by atoms with Crippen LogP contribution in [0.15, 0.2) is 42.5 Å². The molecule has 0 saturated heterocycles. The summed E-state index contributed by atoms with van der Waals surface area (Å²) < 4.78 is 5.74. The minimum absolute atomic E-state index is 0. The molecular weight excluding hydrogens is 322 g/mol. The molecule has 0 spiro atoms. The molecular formula is C18H21ClLiO2P. The van der Waals surface area contributed by atoms with Gasteiger partial charge in [-0.2, -0.15) is 0 Å². The molecule has 2 rings (SSSR count). The van der Waals surface area contributed by atoms with Crippen LogP contribution in [-0.4, -0.2) is 30.5 Å². The number of halogens is 1. The average molecular weight is 343 g/mol. The molecule has 0 saturated carbocycles. The topological polar surface area (TPSA) is 26.3 Å². The van der Waals surface area contributed by atoms with Crippen molar-refractivity contribution >= 4 is 49.9 Å². The second kappa shape index (κ2) is 9.51. The molecule has 0 aliphatic rings. The third-order valence-corrected chi connectivity index (χ3v) is 4.89. The quantitative estimate of drug-likeness (QED) is 0.577. The monoisotopic (exact) mass is 342 g/mol. The number of benzene rings is 2. The van der Waals surface area contributed by atoms with E-state index in [0.29, 0.717) is 10.6 Å². The summed E-state index contributed by atoms with van der Waals surface area (Å²) in [6, 6.07) is 13.3. The first-order valence-electron chi connectivity index (χ1n) is 7.34.